The van der Waals surface area contributed by atoms with Crippen LogP contribution in [0.15, 0.2) is 92.9 Å². The van der Waals surface area contributed by atoms with Crippen LogP contribution >= 0.6 is 11.6 Å². The number of imidazole rings is 2. The molecular weight excluding hydrogens is 1060 g/mol. The molecule has 2 aromatic carbocycles. The number of anilines is 2. The van der Waals surface area contributed by atoms with Crippen molar-refractivity contribution in [3.63, 3.8) is 0 Å². The monoisotopic (exact) mass is 1140 g/mol. The van der Waals surface area contributed by atoms with Crippen LogP contribution in [0.1, 0.15) is 120 Å². The summed E-state index contributed by atoms with van der Waals surface area (Å²) in [6.45, 7) is 33.2. The number of aromatic nitrogens is 8. The molecule has 0 bridgehead atoms. The first kappa shape index (κ1) is 62.2. The largest absolute Gasteiger partial charge is 0.407 e. The number of fused-ring (bicyclic) bond motifs is 2. The molecule has 4 aromatic heterocycles. The molecule has 1 amide bonds. The van der Waals surface area contributed by atoms with Crippen molar-refractivity contribution in [2.75, 3.05) is 11.1 Å². The number of halogens is 1. The Morgan fingerprint density at radius 1 is 0.709 bits per heavy atom. The van der Waals surface area contributed by atoms with E-state index in [-0.39, 0.29) is 91.9 Å². The molecule has 0 unspecified atom stereocenters. The van der Waals surface area contributed by atoms with Crippen LogP contribution < -0.4 is 22.2 Å². The fourth-order valence-corrected chi connectivity index (χ4v) is 10.8. The second kappa shape index (κ2) is 25.6. The predicted octanol–water partition coefficient (Wildman–Crippen LogP) is 10.2. The summed E-state index contributed by atoms with van der Waals surface area (Å²) in [7, 11) is -4.48. The number of amides is 1. The summed E-state index contributed by atoms with van der Waals surface area (Å²) in [6, 6.07) is 19.4. The summed E-state index contributed by atoms with van der Waals surface area (Å²) >= 11 is 4.97. The molecular formula is C56H81ClN12O8Si2. The van der Waals surface area contributed by atoms with Crippen molar-refractivity contribution < 1.29 is 27.9 Å². The molecule has 79 heavy (non-hydrogen) atoms. The van der Waals surface area contributed by atoms with E-state index in [0.29, 0.717) is 11.3 Å². The predicted molar refractivity (Wildman–Crippen MR) is 318 cm³/mol. The summed E-state index contributed by atoms with van der Waals surface area (Å²) in [5.74, 6) is -0.443. The van der Waals surface area contributed by atoms with Gasteiger partial charge in [0.25, 0.3) is 11.1 Å². The number of rotatable bonds is 15. The van der Waals surface area contributed by atoms with Gasteiger partial charge in [0.2, 0.25) is 23.0 Å². The van der Waals surface area contributed by atoms with Crippen molar-refractivity contribution >= 4 is 86.0 Å². The van der Waals surface area contributed by atoms with Crippen molar-refractivity contribution in [1.82, 2.24) is 39.0 Å². The van der Waals surface area contributed by atoms with Gasteiger partial charge in [0, 0.05) is 24.3 Å². The minimum absolute atomic E-state index is 0.00756. The smallest absolute Gasteiger partial charge is 0.280 e. The van der Waals surface area contributed by atoms with Gasteiger partial charge < -0.3 is 24.1 Å². The molecule has 2 fully saturated rings. The van der Waals surface area contributed by atoms with Gasteiger partial charge >= 0.3 is 0 Å². The Morgan fingerprint density at radius 2 is 1.10 bits per heavy atom. The van der Waals surface area contributed by atoms with Crippen LogP contribution in [0, 0.1) is 11.8 Å². The number of nitrogens with one attached hydrogen (secondary N) is 3. The number of hydrogen-bond acceptors (Lipinski definition) is 15. The van der Waals surface area contributed by atoms with E-state index in [0.717, 1.165) is 24.0 Å². The van der Waals surface area contributed by atoms with Crippen LogP contribution in [-0.2, 0) is 27.9 Å². The normalized spacial score (nSPS) is 22.0. The average molecular weight is 1140 g/mol. The molecule has 23 heteroatoms. The second-order valence-corrected chi connectivity index (χ2v) is 33.5. The van der Waals surface area contributed by atoms with E-state index in [2.05, 4.69) is 117 Å². The molecule has 8 rings (SSSR count). The molecule has 428 valence electrons. The highest BCUT2D eigenvalue weighted by Gasteiger charge is 2.52. The zero-order valence-electron chi connectivity index (χ0n) is 48.6. The third kappa shape index (κ3) is 14.9. The minimum atomic E-state index is -2.27. The number of ether oxygens (including phenoxy) is 2. The Bertz CT molecular complexity index is 3200. The topological polar surface area (TPSA) is 261 Å². The number of H-pyrrole nitrogens is 2. The first-order chi connectivity index (χ1) is 37.0. The van der Waals surface area contributed by atoms with Crippen molar-refractivity contribution in [1.29, 1.82) is 0 Å². The first-order valence-electron chi connectivity index (χ1n) is 27.0. The number of benzene rings is 2. The standard InChI is InChI=1S/C28H40N6O4Si.C24H34N6O3Si.C4H7ClO/c1-9-19-20(29-15-18-13-11-10-12-14-18)22(38-39(7,8)28(4,5)6)26(37-19)34-16-30-21-23(34)31-27(33-25(21)36)32-24(35)17(2)3;1-7-16-17(26-13-15-11-9-8-10-12-15)19(33-34(5,6)24(2,3)4)22(32-16)30-14-27-18-20(30)28-23(25)29-21(18)31;1-3(2)4(5)6/h10-17,19-20,22,26H,9H2,1-8H3,(H2,31,32,33,35,36);8-14,16-17,19,22H,7H2,1-6H3,(H3,25,28,29,31);3H,1-2H3/t19-,20-,22-,26-;16-,17-,19-,22-;/m11./s1. The molecule has 2 saturated heterocycles. The highest BCUT2D eigenvalue weighted by Crippen LogP contribution is 2.45. The number of nitrogen functional groups attached to an aromatic ring is 1. The first-order valence-corrected chi connectivity index (χ1v) is 33.2. The van der Waals surface area contributed by atoms with Crippen LogP contribution in [0.5, 0.6) is 0 Å². The van der Waals surface area contributed by atoms with E-state index in [1.54, 1.807) is 49.5 Å². The number of nitrogens with zero attached hydrogens (tertiary/aromatic N) is 8. The Balaban J connectivity index is 0.000000233. The molecule has 0 saturated carbocycles. The number of aliphatic imine (C=N–C) groups is 2. The van der Waals surface area contributed by atoms with E-state index in [9.17, 15) is 19.2 Å². The quantitative estimate of drug-likeness (QED) is 0.0424. The fourth-order valence-electron chi connectivity index (χ4n) is 8.19. The number of carbonyl (C=O) groups is 2. The van der Waals surface area contributed by atoms with Gasteiger partial charge in [0.05, 0.1) is 24.9 Å². The van der Waals surface area contributed by atoms with Crippen LogP contribution in [0.25, 0.3) is 22.3 Å². The van der Waals surface area contributed by atoms with Gasteiger partial charge in [0.1, 0.15) is 24.3 Å². The lowest BCUT2D eigenvalue weighted by molar-refractivity contribution is -0.119. The molecule has 5 N–H and O–H groups in total. The van der Waals surface area contributed by atoms with Crippen LogP contribution in [-0.4, -0.2) is 116 Å². The SMILES string of the molecule is CC(C)C(=O)Cl.CC[C@H]1O[C@@H](n2cnc3c(=O)[nH]c(N)nc32)[C@H](O[Si](C)(C)C(C)(C)C)[C@@H]1N=Cc1ccccc1.CC[C@H]1O[C@@H](n2cnc3c(=O)[nH]c(NC(=O)C(C)C)nc32)[C@H](O[Si](C)(C)C(C)(C)C)[C@@H]1N=Cc1ccccc1. The van der Waals surface area contributed by atoms with Gasteiger partial charge in [0.15, 0.2) is 51.4 Å². The highest BCUT2D eigenvalue weighted by molar-refractivity contribution is 6.74. The zero-order chi connectivity index (χ0) is 58.4. The van der Waals surface area contributed by atoms with Crippen molar-refractivity contribution in [3.05, 3.63) is 105 Å². The molecule has 2 aliphatic heterocycles. The summed E-state index contributed by atoms with van der Waals surface area (Å²) in [6.07, 6.45) is 6.00. The maximum atomic E-state index is 12.9. The van der Waals surface area contributed by atoms with Crippen molar-refractivity contribution in [2.45, 2.75) is 181 Å². The Labute approximate surface area is 470 Å². The molecule has 20 nitrogen and oxygen atoms in total. The Morgan fingerprint density at radius 3 is 1.47 bits per heavy atom. The number of aromatic amines is 2. The van der Waals surface area contributed by atoms with Gasteiger partial charge in [-0.1, -0.05) is 144 Å². The number of nitrogens with two attached hydrogens (primary N) is 1. The summed E-state index contributed by atoms with van der Waals surface area (Å²) < 4.78 is 30.6. The van der Waals surface area contributed by atoms with Gasteiger partial charge in [-0.3, -0.25) is 53.6 Å². The van der Waals surface area contributed by atoms with Crippen molar-refractivity contribution in [3.8, 4) is 0 Å². The maximum absolute atomic E-state index is 12.9. The molecule has 0 radical (unpaired) electrons. The lowest BCUT2D eigenvalue weighted by Gasteiger charge is -2.40. The minimum Gasteiger partial charge on any atom is -0.407 e. The van der Waals surface area contributed by atoms with E-state index in [1.807, 2.05) is 73.1 Å². The van der Waals surface area contributed by atoms with Crippen LogP contribution in [0.4, 0.5) is 11.9 Å². The molecule has 2 aliphatic rings. The number of carbonyl (C=O) groups excluding carboxylic acids is 2. The third-order valence-electron chi connectivity index (χ3n) is 14.9. The Kier molecular flexibility index (Phi) is 20.2. The lowest BCUT2D eigenvalue weighted by atomic mass is 10.1. The summed E-state index contributed by atoms with van der Waals surface area (Å²) in [5.41, 5.74) is 8.09. The maximum Gasteiger partial charge on any atom is 0.280 e. The number of hydrogen-bond donors (Lipinski definition) is 4. The highest BCUT2D eigenvalue weighted by atomic mass is 35.5. The fraction of sp³-hybridized carbons (Fsp3) is 0.536. The molecule has 6 heterocycles. The molecule has 6 aromatic rings. The van der Waals surface area contributed by atoms with E-state index < -0.39 is 40.8 Å². The van der Waals surface area contributed by atoms with Gasteiger partial charge in [-0.2, -0.15) is 9.97 Å². The van der Waals surface area contributed by atoms with E-state index >= 15 is 0 Å². The molecule has 0 aliphatic carbocycles. The summed E-state index contributed by atoms with van der Waals surface area (Å²) in [5, 5.41) is 2.36. The van der Waals surface area contributed by atoms with Gasteiger partial charge in [-0.15, -0.1) is 0 Å². The van der Waals surface area contributed by atoms with Gasteiger partial charge in [-0.05, 0) is 71.8 Å². The zero-order valence-corrected chi connectivity index (χ0v) is 51.3. The van der Waals surface area contributed by atoms with Crippen molar-refractivity contribution in [2.24, 2.45) is 21.8 Å². The second-order valence-electron chi connectivity index (χ2n) is 23.6. The van der Waals surface area contributed by atoms with E-state index in [4.69, 9.17) is 45.6 Å². The van der Waals surface area contributed by atoms with E-state index in [1.165, 1.54) is 0 Å². The Hall–Kier alpha value is -6.02. The average Bonchev–Trinajstić information content (AvgIpc) is 4.37. The van der Waals surface area contributed by atoms with Crippen LogP contribution in [0.2, 0.25) is 36.3 Å². The lowest BCUT2D eigenvalue weighted by Crippen LogP contribution is -2.48. The molecule has 8 atom stereocenters. The summed E-state index contributed by atoms with van der Waals surface area (Å²) in [4.78, 5) is 80.1. The molecule has 0 spiro atoms. The van der Waals surface area contributed by atoms with Crippen LogP contribution in [0.3, 0.4) is 0 Å². The van der Waals surface area contributed by atoms with Gasteiger partial charge in [-0.25, -0.2) is 9.97 Å². The third-order valence-corrected chi connectivity index (χ3v) is 24.3.